The molecule has 0 fully saturated rings. The van der Waals surface area contributed by atoms with Crippen molar-refractivity contribution in [1.82, 2.24) is 5.32 Å². The van der Waals surface area contributed by atoms with Crippen LogP contribution in [0, 0.1) is 5.82 Å². The molecule has 0 aromatic heterocycles. The van der Waals surface area contributed by atoms with Crippen LogP contribution in [-0.4, -0.2) is 30.9 Å². The van der Waals surface area contributed by atoms with Crippen molar-refractivity contribution in [2.45, 2.75) is 25.1 Å². The van der Waals surface area contributed by atoms with Crippen molar-refractivity contribution in [1.29, 1.82) is 0 Å². The van der Waals surface area contributed by atoms with E-state index < -0.39 is 12.1 Å². The Hall–Kier alpha value is -1.37. The minimum atomic E-state index is -0.705. The Morgan fingerprint density at radius 3 is 2.48 bits per heavy atom. The number of nitrogens with one attached hydrogen (secondary N) is 1. The van der Waals surface area contributed by atoms with Gasteiger partial charge in [0.15, 0.2) is 0 Å². The predicted octanol–water partition coefficient (Wildman–Crippen LogP) is 2.70. The van der Waals surface area contributed by atoms with E-state index in [0.29, 0.717) is 19.5 Å². The van der Waals surface area contributed by atoms with E-state index in [9.17, 15) is 9.50 Å². The van der Waals surface area contributed by atoms with Gasteiger partial charge in [0.2, 0.25) is 0 Å². The molecule has 0 spiro atoms. The van der Waals surface area contributed by atoms with Gasteiger partial charge in [-0.05, 0) is 41.8 Å². The maximum absolute atomic E-state index is 13.1. The fourth-order valence-corrected chi connectivity index (χ4v) is 2.37. The number of halogens is 3. The van der Waals surface area contributed by atoms with Crippen LogP contribution in [0.1, 0.15) is 11.1 Å². The van der Waals surface area contributed by atoms with E-state index in [1.165, 1.54) is 12.1 Å². The van der Waals surface area contributed by atoms with Crippen LogP contribution >= 0.6 is 24.8 Å². The summed E-state index contributed by atoms with van der Waals surface area (Å²) in [6.45, 7) is 0.981. The molecular formula is C18H25Cl2FN2O2. The van der Waals surface area contributed by atoms with Gasteiger partial charge in [0.25, 0.3) is 0 Å². The van der Waals surface area contributed by atoms with E-state index in [-0.39, 0.29) is 30.6 Å². The Kier molecular flexibility index (Phi) is 11.4. The van der Waals surface area contributed by atoms with E-state index in [2.05, 4.69) is 5.32 Å². The number of methoxy groups -OCH3 is 1. The Balaban J connectivity index is 0.00000288. The molecular weight excluding hydrogens is 366 g/mol. The SMILES string of the molecule is COc1cccc(CNC[C@@H](O)[C@@H](N)Cc2cccc(F)c2)c1.Cl.Cl. The molecule has 7 heteroatoms. The van der Waals surface area contributed by atoms with Gasteiger partial charge in [-0.25, -0.2) is 4.39 Å². The first kappa shape index (κ1) is 23.6. The average molecular weight is 391 g/mol. The molecule has 0 radical (unpaired) electrons. The van der Waals surface area contributed by atoms with E-state index in [4.69, 9.17) is 10.5 Å². The molecule has 0 saturated carbocycles. The summed E-state index contributed by atoms with van der Waals surface area (Å²) in [6, 6.07) is 13.5. The highest BCUT2D eigenvalue weighted by Crippen LogP contribution is 2.12. The number of ether oxygens (including phenoxy) is 1. The summed E-state index contributed by atoms with van der Waals surface area (Å²) in [4.78, 5) is 0. The van der Waals surface area contributed by atoms with Crippen molar-refractivity contribution in [3.05, 3.63) is 65.5 Å². The average Bonchev–Trinajstić information content (AvgIpc) is 2.55. The molecule has 4 N–H and O–H groups in total. The lowest BCUT2D eigenvalue weighted by molar-refractivity contribution is 0.141. The van der Waals surface area contributed by atoms with E-state index >= 15 is 0 Å². The summed E-state index contributed by atoms with van der Waals surface area (Å²) in [5.74, 6) is 0.507. The Labute approximate surface area is 160 Å². The predicted molar refractivity (Wildman–Crippen MR) is 103 cm³/mol. The largest absolute Gasteiger partial charge is 0.497 e. The van der Waals surface area contributed by atoms with E-state index in [1.54, 1.807) is 19.2 Å². The highest BCUT2D eigenvalue weighted by Gasteiger charge is 2.15. The molecule has 0 heterocycles. The summed E-state index contributed by atoms with van der Waals surface area (Å²) in [7, 11) is 1.63. The molecule has 4 nitrogen and oxygen atoms in total. The summed E-state index contributed by atoms with van der Waals surface area (Å²) in [5.41, 5.74) is 7.84. The third kappa shape index (κ3) is 8.03. The van der Waals surface area contributed by atoms with Crippen LogP contribution < -0.4 is 15.8 Å². The molecule has 2 rings (SSSR count). The monoisotopic (exact) mass is 390 g/mol. The standard InChI is InChI=1S/C18H23FN2O2.2ClH/c1-23-16-7-3-5-14(9-16)11-21-12-18(22)17(20)10-13-4-2-6-15(19)8-13;;/h2-9,17-18,21-22H,10-12,20H2,1H3;2*1H/t17-,18+;;/m0../s1. The van der Waals surface area contributed by atoms with Gasteiger partial charge in [-0.15, -0.1) is 24.8 Å². The van der Waals surface area contributed by atoms with Crippen LogP contribution in [0.3, 0.4) is 0 Å². The van der Waals surface area contributed by atoms with Crippen LogP contribution in [0.5, 0.6) is 5.75 Å². The molecule has 2 atom stereocenters. The van der Waals surface area contributed by atoms with Gasteiger partial charge in [-0.3, -0.25) is 0 Å². The quantitative estimate of drug-likeness (QED) is 0.648. The lowest BCUT2D eigenvalue weighted by Crippen LogP contribution is -2.43. The molecule has 0 aliphatic carbocycles. The fourth-order valence-electron chi connectivity index (χ4n) is 2.37. The Morgan fingerprint density at radius 1 is 1.12 bits per heavy atom. The van der Waals surface area contributed by atoms with Crippen molar-refractivity contribution in [2.75, 3.05) is 13.7 Å². The molecule has 0 unspecified atom stereocenters. The van der Waals surface area contributed by atoms with Crippen LogP contribution in [0.25, 0.3) is 0 Å². The minimum Gasteiger partial charge on any atom is -0.497 e. The topological polar surface area (TPSA) is 67.5 Å². The highest BCUT2D eigenvalue weighted by atomic mass is 35.5. The number of hydrogen-bond acceptors (Lipinski definition) is 4. The molecule has 0 bridgehead atoms. The van der Waals surface area contributed by atoms with Crippen LogP contribution in [0.4, 0.5) is 4.39 Å². The molecule has 0 aliphatic heterocycles. The normalized spacial score (nSPS) is 12.5. The first-order valence-electron chi connectivity index (χ1n) is 7.60. The molecule has 0 amide bonds. The van der Waals surface area contributed by atoms with Gasteiger partial charge in [0.1, 0.15) is 11.6 Å². The molecule has 2 aromatic carbocycles. The van der Waals surface area contributed by atoms with Crippen molar-refractivity contribution in [2.24, 2.45) is 5.73 Å². The van der Waals surface area contributed by atoms with Crippen LogP contribution in [0.15, 0.2) is 48.5 Å². The third-order valence-electron chi connectivity index (χ3n) is 3.67. The van der Waals surface area contributed by atoms with Crippen molar-refractivity contribution in [3.8, 4) is 5.75 Å². The molecule has 2 aromatic rings. The van der Waals surface area contributed by atoms with Crippen LogP contribution in [-0.2, 0) is 13.0 Å². The van der Waals surface area contributed by atoms with Crippen molar-refractivity contribution < 1.29 is 14.2 Å². The Morgan fingerprint density at radius 2 is 1.80 bits per heavy atom. The summed E-state index contributed by atoms with van der Waals surface area (Å²) in [5, 5.41) is 13.3. The molecule has 0 saturated heterocycles. The van der Waals surface area contributed by atoms with Gasteiger partial charge in [0.05, 0.1) is 13.2 Å². The van der Waals surface area contributed by atoms with Gasteiger partial charge in [-0.2, -0.15) is 0 Å². The van der Waals surface area contributed by atoms with Crippen molar-refractivity contribution >= 4 is 24.8 Å². The third-order valence-corrected chi connectivity index (χ3v) is 3.67. The maximum Gasteiger partial charge on any atom is 0.123 e. The fraction of sp³-hybridized carbons (Fsp3) is 0.333. The maximum atomic E-state index is 13.1. The zero-order chi connectivity index (χ0) is 16.7. The first-order chi connectivity index (χ1) is 11.1. The zero-order valence-corrected chi connectivity index (χ0v) is 15.7. The summed E-state index contributed by atoms with van der Waals surface area (Å²) in [6.07, 6.45) is -0.274. The number of rotatable bonds is 8. The zero-order valence-electron chi connectivity index (χ0n) is 14.0. The Bertz CT molecular complexity index is 632. The number of benzene rings is 2. The van der Waals surface area contributed by atoms with E-state index in [1.807, 2.05) is 24.3 Å². The second kappa shape index (κ2) is 12.1. The number of nitrogens with two attached hydrogens (primary N) is 1. The number of aliphatic hydroxyl groups is 1. The first-order valence-corrected chi connectivity index (χ1v) is 7.60. The lowest BCUT2D eigenvalue weighted by atomic mass is 10.0. The smallest absolute Gasteiger partial charge is 0.123 e. The second-order valence-electron chi connectivity index (χ2n) is 5.55. The number of aliphatic hydroxyl groups excluding tert-OH is 1. The minimum absolute atomic E-state index is 0. The lowest BCUT2D eigenvalue weighted by Gasteiger charge is -2.19. The summed E-state index contributed by atoms with van der Waals surface area (Å²) < 4.78 is 18.3. The second-order valence-corrected chi connectivity index (χ2v) is 5.55. The highest BCUT2D eigenvalue weighted by molar-refractivity contribution is 5.85. The van der Waals surface area contributed by atoms with Gasteiger partial charge >= 0.3 is 0 Å². The molecule has 140 valence electrons. The van der Waals surface area contributed by atoms with Gasteiger partial charge in [0, 0.05) is 19.1 Å². The molecule has 25 heavy (non-hydrogen) atoms. The van der Waals surface area contributed by atoms with Gasteiger partial charge in [-0.1, -0.05) is 24.3 Å². The van der Waals surface area contributed by atoms with Crippen LogP contribution in [0.2, 0.25) is 0 Å². The van der Waals surface area contributed by atoms with Gasteiger partial charge < -0.3 is 20.9 Å². The summed E-state index contributed by atoms with van der Waals surface area (Å²) >= 11 is 0. The molecule has 0 aliphatic rings. The van der Waals surface area contributed by atoms with E-state index in [0.717, 1.165) is 16.9 Å². The van der Waals surface area contributed by atoms with Crippen molar-refractivity contribution in [3.63, 3.8) is 0 Å². The number of hydrogen-bond donors (Lipinski definition) is 3.